The van der Waals surface area contributed by atoms with Crippen molar-refractivity contribution in [1.82, 2.24) is 0 Å². The maximum atomic E-state index is 11.4. The summed E-state index contributed by atoms with van der Waals surface area (Å²) in [4.78, 5) is 22.7. The molecular formula is C12H22O8S2. The average Bonchev–Trinajstić information content (AvgIpc) is 2.20. The summed E-state index contributed by atoms with van der Waals surface area (Å²) in [6, 6.07) is 0. The molecule has 0 aromatic carbocycles. The summed E-state index contributed by atoms with van der Waals surface area (Å²) in [5, 5.41) is 0. The van der Waals surface area contributed by atoms with Gasteiger partial charge in [0.2, 0.25) is 0 Å². The van der Waals surface area contributed by atoms with Crippen LogP contribution in [-0.4, -0.2) is 40.3 Å². The minimum atomic E-state index is -4.00. The third-order valence-corrected chi connectivity index (χ3v) is 5.08. The lowest BCUT2D eigenvalue weighted by atomic mass is 10.3. The van der Waals surface area contributed by atoms with E-state index in [1.165, 1.54) is 0 Å². The Morgan fingerprint density at radius 1 is 0.727 bits per heavy atom. The van der Waals surface area contributed by atoms with E-state index in [1.54, 1.807) is 27.7 Å². The Morgan fingerprint density at radius 2 is 1.00 bits per heavy atom. The molecular weight excluding hydrogens is 336 g/mol. The van der Waals surface area contributed by atoms with Gasteiger partial charge in [-0.3, -0.25) is 9.59 Å². The first-order valence-electron chi connectivity index (χ1n) is 6.73. The molecule has 0 aliphatic rings. The van der Waals surface area contributed by atoms with Gasteiger partial charge in [0.05, 0.1) is 24.3 Å². The van der Waals surface area contributed by atoms with Crippen molar-refractivity contribution >= 4 is 32.2 Å². The Balaban J connectivity index is 4.34. The zero-order valence-electron chi connectivity index (χ0n) is 13.1. The van der Waals surface area contributed by atoms with Gasteiger partial charge < -0.3 is 8.37 Å². The van der Waals surface area contributed by atoms with E-state index in [9.17, 15) is 26.4 Å². The Morgan fingerprint density at radius 3 is 1.23 bits per heavy atom. The maximum Gasteiger partial charge on any atom is 0.322 e. The molecule has 0 aliphatic carbocycles. The van der Waals surface area contributed by atoms with E-state index in [-0.39, 0.29) is 23.3 Å². The molecule has 0 unspecified atom stereocenters. The van der Waals surface area contributed by atoms with Crippen molar-refractivity contribution in [1.29, 1.82) is 0 Å². The Hall–Kier alpha value is -1.16. The summed E-state index contributed by atoms with van der Waals surface area (Å²) in [6.07, 6.45) is -1.15. The van der Waals surface area contributed by atoms with Gasteiger partial charge in [-0.15, -0.1) is 0 Å². The second kappa shape index (κ2) is 8.47. The molecule has 0 aliphatic heterocycles. The largest absolute Gasteiger partial charge is 0.346 e. The fraction of sp³-hybridized carbons (Fsp3) is 0.833. The molecule has 0 saturated carbocycles. The summed E-state index contributed by atoms with van der Waals surface area (Å²) in [5.41, 5.74) is 0. The van der Waals surface area contributed by atoms with Gasteiger partial charge in [0.25, 0.3) is 0 Å². The van der Waals surface area contributed by atoms with Crippen molar-refractivity contribution in [2.75, 3.05) is 11.5 Å². The van der Waals surface area contributed by atoms with Gasteiger partial charge in [-0.05, 0) is 11.8 Å². The van der Waals surface area contributed by atoms with E-state index >= 15 is 0 Å². The van der Waals surface area contributed by atoms with Crippen LogP contribution in [0.15, 0.2) is 0 Å². The van der Waals surface area contributed by atoms with Crippen LogP contribution in [0.2, 0.25) is 0 Å². The zero-order valence-corrected chi connectivity index (χ0v) is 14.7. The van der Waals surface area contributed by atoms with Crippen molar-refractivity contribution in [3.05, 3.63) is 0 Å². The highest BCUT2D eigenvalue weighted by Gasteiger charge is 2.22. The first-order chi connectivity index (χ1) is 9.83. The van der Waals surface area contributed by atoms with Gasteiger partial charge >= 0.3 is 32.2 Å². The molecule has 0 spiro atoms. The average molecular weight is 358 g/mol. The highest BCUT2D eigenvalue weighted by Crippen LogP contribution is 2.08. The van der Waals surface area contributed by atoms with Gasteiger partial charge in [-0.1, -0.05) is 27.7 Å². The van der Waals surface area contributed by atoms with Gasteiger partial charge in [-0.25, -0.2) is 0 Å². The predicted octanol–water partition coefficient (Wildman–Crippen LogP) is 0.825. The Bertz CT molecular complexity index is 533. The Kier molecular flexibility index (Phi) is 8.02. The summed E-state index contributed by atoms with van der Waals surface area (Å²) < 4.78 is 54.1. The summed E-state index contributed by atoms with van der Waals surface area (Å²) >= 11 is 0. The van der Waals surface area contributed by atoms with Crippen LogP contribution in [0, 0.1) is 11.8 Å². The van der Waals surface area contributed by atoms with Gasteiger partial charge in [0.15, 0.2) is 0 Å². The van der Waals surface area contributed by atoms with E-state index in [0.29, 0.717) is 0 Å². The van der Waals surface area contributed by atoms with Gasteiger partial charge in [-0.2, -0.15) is 16.8 Å². The first-order valence-corrected chi connectivity index (χ1v) is 9.88. The molecule has 0 N–H and O–H groups in total. The van der Waals surface area contributed by atoms with Crippen LogP contribution in [-0.2, 0) is 38.2 Å². The highest BCUT2D eigenvalue weighted by molar-refractivity contribution is 7.87. The summed E-state index contributed by atoms with van der Waals surface area (Å²) in [6.45, 7) is 6.56. The molecule has 0 heterocycles. The fourth-order valence-corrected chi connectivity index (χ4v) is 3.96. The van der Waals surface area contributed by atoms with Crippen LogP contribution in [0.4, 0.5) is 0 Å². The molecule has 10 heteroatoms. The minimum Gasteiger partial charge on any atom is -0.346 e. The van der Waals surface area contributed by atoms with Crippen molar-refractivity contribution in [2.45, 2.75) is 40.5 Å². The summed E-state index contributed by atoms with van der Waals surface area (Å²) in [5.74, 6) is -3.34. The molecule has 0 rings (SSSR count). The lowest BCUT2D eigenvalue weighted by Crippen LogP contribution is -2.22. The fourth-order valence-electron chi connectivity index (χ4n) is 1.46. The van der Waals surface area contributed by atoms with Crippen LogP contribution in [0.25, 0.3) is 0 Å². The molecule has 8 nitrogen and oxygen atoms in total. The van der Waals surface area contributed by atoms with Gasteiger partial charge in [0, 0.05) is 0 Å². The van der Waals surface area contributed by atoms with Crippen LogP contribution in [0.1, 0.15) is 40.5 Å². The lowest BCUT2D eigenvalue weighted by molar-refractivity contribution is -0.140. The van der Waals surface area contributed by atoms with E-state index < -0.39 is 45.0 Å². The third-order valence-electron chi connectivity index (χ3n) is 2.05. The van der Waals surface area contributed by atoms with Crippen molar-refractivity contribution in [3.63, 3.8) is 0 Å². The molecule has 0 amide bonds. The number of carbonyl (C=O) groups excluding carboxylic acids is 2. The van der Waals surface area contributed by atoms with E-state index in [4.69, 9.17) is 0 Å². The van der Waals surface area contributed by atoms with E-state index in [0.717, 1.165) is 0 Å². The smallest absolute Gasteiger partial charge is 0.322 e. The summed E-state index contributed by atoms with van der Waals surface area (Å²) in [7, 11) is -8.00. The van der Waals surface area contributed by atoms with Crippen LogP contribution < -0.4 is 0 Å². The zero-order chi connectivity index (χ0) is 17.6. The standard InChI is InChI=1S/C12H22O8S2/c1-9(2)7-21(15,16)19-11(13)5-6-12(14)20-22(17,18)8-10(3)4/h9-10H,5-8H2,1-4H3. The molecule has 0 fully saturated rings. The Labute approximate surface area is 131 Å². The molecule has 0 bridgehead atoms. The molecule has 0 radical (unpaired) electrons. The number of carbonyl (C=O) groups is 2. The quantitative estimate of drug-likeness (QED) is 0.555. The number of hydrogen-bond donors (Lipinski definition) is 0. The second-order valence-corrected chi connectivity index (χ2v) is 8.88. The first kappa shape index (κ1) is 20.8. The second-order valence-electron chi connectivity index (χ2n) is 5.65. The normalized spacial score (nSPS) is 12.5. The van der Waals surface area contributed by atoms with Crippen LogP contribution in [0.5, 0.6) is 0 Å². The van der Waals surface area contributed by atoms with Crippen molar-refractivity contribution in [3.8, 4) is 0 Å². The molecule has 130 valence electrons. The third kappa shape index (κ3) is 10.6. The van der Waals surface area contributed by atoms with Crippen LogP contribution in [0.3, 0.4) is 0 Å². The monoisotopic (exact) mass is 358 g/mol. The number of hydrogen-bond acceptors (Lipinski definition) is 8. The van der Waals surface area contributed by atoms with Gasteiger partial charge in [0.1, 0.15) is 0 Å². The molecule has 0 atom stereocenters. The minimum absolute atomic E-state index is 0.219. The molecule has 0 aromatic rings. The van der Waals surface area contributed by atoms with Crippen molar-refractivity contribution < 1.29 is 34.8 Å². The lowest BCUT2D eigenvalue weighted by Gasteiger charge is -2.08. The van der Waals surface area contributed by atoms with Crippen molar-refractivity contribution in [2.24, 2.45) is 11.8 Å². The highest BCUT2D eigenvalue weighted by atomic mass is 32.2. The van der Waals surface area contributed by atoms with E-state index in [1.807, 2.05) is 0 Å². The SMILES string of the molecule is CC(C)CS(=O)(=O)OC(=O)CCC(=O)OS(=O)(=O)CC(C)C. The number of rotatable bonds is 9. The predicted molar refractivity (Wildman–Crippen MR) is 78.7 cm³/mol. The van der Waals surface area contributed by atoms with Crippen LogP contribution >= 0.6 is 0 Å². The maximum absolute atomic E-state index is 11.4. The molecule has 22 heavy (non-hydrogen) atoms. The molecule has 0 aromatic heterocycles. The topological polar surface area (TPSA) is 121 Å². The molecule has 0 saturated heterocycles. The van der Waals surface area contributed by atoms with E-state index in [2.05, 4.69) is 8.37 Å².